The normalized spacial score (nSPS) is 20.2. The molecular weight excluding hydrogens is 532 g/mol. The van der Waals surface area contributed by atoms with Crippen molar-refractivity contribution in [1.82, 2.24) is 10.2 Å². The second-order valence-corrected chi connectivity index (χ2v) is 11.9. The third-order valence-electron chi connectivity index (χ3n) is 9.02. The van der Waals surface area contributed by atoms with Crippen molar-refractivity contribution < 1.29 is 23.8 Å². The highest BCUT2D eigenvalue weighted by Gasteiger charge is 2.43. The van der Waals surface area contributed by atoms with Gasteiger partial charge in [-0.25, -0.2) is 4.79 Å². The van der Waals surface area contributed by atoms with Crippen molar-refractivity contribution in [3.8, 4) is 5.75 Å². The van der Waals surface area contributed by atoms with E-state index in [0.717, 1.165) is 61.5 Å². The van der Waals surface area contributed by atoms with Gasteiger partial charge >= 0.3 is 5.63 Å². The topological polar surface area (TPSA) is 109 Å². The molecule has 0 spiro atoms. The van der Waals surface area contributed by atoms with Gasteiger partial charge in [0.2, 0.25) is 5.91 Å². The number of nitrogens with one attached hydrogen (secondary N) is 1. The fraction of sp³-hybridized carbons (Fsp3) is 0.500. The number of fused-ring (bicyclic) bond motifs is 2. The number of rotatable bonds is 11. The standard InChI is InChI=1S/C34H42N2O6/c1-24-28-15-14-27(21-30(28)42-33(39)29(24)20-25-10-4-2-5-11-25)41-23-31(37)35-18-9-3-6-13-32(38)36-19-17-34(40)16-8-7-12-26(34)22-36/h2,4-5,10-11,14-15,21,26,40H,3,6-9,12-13,16-20,22-23H2,1H3,(H,35,37)/t26-,34+/m0/s1. The van der Waals surface area contributed by atoms with Gasteiger partial charge in [0.05, 0.1) is 5.60 Å². The first-order valence-electron chi connectivity index (χ1n) is 15.3. The van der Waals surface area contributed by atoms with E-state index in [4.69, 9.17) is 9.15 Å². The summed E-state index contributed by atoms with van der Waals surface area (Å²) in [6.07, 6.45) is 8.23. The minimum Gasteiger partial charge on any atom is -0.484 e. The number of amides is 2. The van der Waals surface area contributed by atoms with Gasteiger partial charge < -0.3 is 24.5 Å². The Balaban J connectivity index is 1.01. The quantitative estimate of drug-likeness (QED) is 0.249. The van der Waals surface area contributed by atoms with Gasteiger partial charge in [-0.2, -0.15) is 0 Å². The van der Waals surface area contributed by atoms with Gasteiger partial charge in [-0.05, 0) is 62.3 Å². The summed E-state index contributed by atoms with van der Waals surface area (Å²) in [7, 11) is 0. The number of benzene rings is 2. The van der Waals surface area contributed by atoms with E-state index in [-0.39, 0.29) is 30.0 Å². The van der Waals surface area contributed by atoms with Crippen molar-refractivity contribution in [2.24, 2.45) is 5.92 Å². The van der Waals surface area contributed by atoms with Crippen LogP contribution in [-0.2, 0) is 16.0 Å². The monoisotopic (exact) mass is 574 g/mol. The molecule has 224 valence electrons. The predicted octanol–water partition coefficient (Wildman–Crippen LogP) is 4.90. The summed E-state index contributed by atoms with van der Waals surface area (Å²) in [6, 6.07) is 15.1. The minimum atomic E-state index is -0.563. The number of unbranched alkanes of at least 4 members (excludes halogenated alkanes) is 2. The lowest BCUT2D eigenvalue weighted by Gasteiger charge is -2.47. The molecule has 1 aromatic heterocycles. The first-order valence-corrected chi connectivity index (χ1v) is 15.3. The van der Waals surface area contributed by atoms with E-state index in [1.54, 1.807) is 12.1 Å². The number of ether oxygens (including phenoxy) is 1. The van der Waals surface area contributed by atoms with E-state index in [9.17, 15) is 19.5 Å². The number of nitrogens with zero attached hydrogens (tertiary/aromatic N) is 1. The number of hydrogen-bond acceptors (Lipinski definition) is 6. The third kappa shape index (κ3) is 7.21. The molecule has 3 aromatic rings. The summed E-state index contributed by atoms with van der Waals surface area (Å²) < 4.78 is 11.3. The molecule has 0 radical (unpaired) electrons. The summed E-state index contributed by atoms with van der Waals surface area (Å²) in [5, 5.41) is 14.5. The zero-order valence-electron chi connectivity index (χ0n) is 24.5. The number of aryl methyl sites for hydroxylation is 1. The van der Waals surface area contributed by atoms with Crippen LogP contribution in [0.2, 0.25) is 0 Å². The van der Waals surface area contributed by atoms with Crippen molar-refractivity contribution in [1.29, 1.82) is 0 Å². The number of aliphatic hydroxyl groups is 1. The van der Waals surface area contributed by atoms with Crippen LogP contribution >= 0.6 is 0 Å². The van der Waals surface area contributed by atoms with E-state index in [1.165, 1.54) is 0 Å². The van der Waals surface area contributed by atoms with Gasteiger partial charge in [-0.15, -0.1) is 0 Å². The molecule has 2 aliphatic rings. The molecule has 0 bridgehead atoms. The minimum absolute atomic E-state index is 0.137. The number of carbonyl (C=O) groups is 2. The number of likely N-dealkylation sites (tertiary alicyclic amines) is 1. The highest BCUT2D eigenvalue weighted by molar-refractivity contribution is 5.83. The molecule has 1 aliphatic heterocycles. The third-order valence-corrected chi connectivity index (χ3v) is 9.02. The average molecular weight is 575 g/mol. The van der Waals surface area contributed by atoms with Gasteiger partial charge in [0.15, 0.2) is 6.61 Å². The predicted molar refractivity (Wildman–Crippen MR) is 162 cm³/mol. The van der Waals surface area contributed by atoms with Crippen molar-refractivity contribution in [3.63, 3.8) is 0 Å². The van der Waals surface area contributed by atoms with Crippen LogP contribution in [0.25, 0.3) is 11.0 Å². The first kappa shape index (κ1) is 29.8. The van der Waals surface area contributed by atoms with Crippen molar-refractivity contribution in [2.45, 2.75) is 76.7 Å². The Morgan fingerprint density at radius 1 is 1.10 bits per heavy atom. The van der Waals surface area contributed by atoms with Crippen LogP contribution in [0.4, 0.5) is 0 Å². The number of carbonyl (C=O) groups excluding carboxylic acids is 2. The smallest absolute Gasteiger partial charge is 0.340 e. The maximum atomic E-state index is 12.7. The summed E-state index contributed by atoms with van der Waals surface area (Å²) in [5.74, 6) is 0.625. The molecular formula is C34H42N2O6. The summed E-state index contributed by atoms with van der Waals surface area (Å²) in [5.41, 5.74) is 2.06. The molecule has 2 amide bonds. The lowest BCUT2D eigenvalue weighted by atomic mass is 9.71. The molecule has 42 heavy (non-hydrogen) atoms. The lowest BCUT2D eigenvalue weighted by molar-refractivity contribution is -0.143. The molecule has 0 unspecified atom stereocenters. The van der Waals surface area contributed by atoms with E-state index in [1.807, 2.05) is 48.2 Å². The lowest BCUT2D eigenvalue weighted by Crippen LogP contribution is -2.54. The Morgan fingerprint density at radius 3 is 2.76 bits per heavy atom. The van der Waals surface area contributed by atoms with Crippen LogP contribution in [0.1, 0.15) is 74.5 Å². The molecule has 8 heteroatoms. The fourth-order valence-corrected chi connectivity index (χ4v) is 6.43. The zero-order valence-corrected chi connectivity index (χ0v) is 24.5. The molecule has 2 fully saturated rings. The highest BCUT2D eigenvalue weighted by Crippen LogP contribution is 2.40. The van der Waals surface area contributed by atoms with Gasteiger partial charge in [-0.1, -0.05) is 49.6 Å². The second-order valence-electron chi connectivity index (χ2n) is 11.9. The van der Waals surface area contributed by atoms with Crippen molar-refractivity contribution in [2.75, 3.05) is 26.2 Å². The van der Waals surface area contributed by atoms with E-state index in [0.29, 0.717) is 55.8 Å². The van der Waals surface area contributed by atoms with Gasteiger partial charge in [-0.3, -0.25) is 9.59 Å². The Bertz CT molecular complexity index is 1450. The van der Waals surface area contributed by atoms with Crippen LogP contribution in [0.15, 0.2) is 57.7 Å². The molecule has 1 aliphatic carbocycles. The molecule has 5 rings (SSSR count). The molecule has 2 atom stereocenters. The second kappa shape index (κ2) is 13.6. The Kier molecular flexibility index (Phi) is 9.62. The SMILES string of the molecule is Cc1c(Cc2ccccc2)c(=O)oc2cc(OCC(=O)NCCCCCC(=O)N3CC[C@]4(O)CCCC[C@H]4C3)ccc12. The fourth-order valence-electron chi connectivity index (χ4n) is 6.43. The molecule has 1 saturated carbocycles. The molecule has 2 N–H and O–H groups in total. The number of hydrogen-bond donors (Lipinski definition) is 2. The van der Waals surface area contributed by atoms with Crippen LogP contribution < -0.4 is 15.7 Å². The van der Waals surface area contributed by atoms with E-state index in [2.05, 4.69) is 5.32 Å². The van der Waals surface area contributed by atoms with Crippen molar-refractivity contribution >= 4 is 22.8 Å². The summed E-state index contributed by atoms with van der Waals surface area (Å²) in [4.78, 5) is 39.6. The Morgan fingerprint density at radius 2 is 1.93 bits per heavy atom. The van der Waals surface area contributed by atoms with Crippen LogP contribution in [0.3, 0.4) is 0 Å². The molecule has 1 saturated heterocycles. The Hall–Kier alpha value is -3.65. The number of piperidine rings is 1. The zero-order chi connectivity index (χ0) is 29.5. The summed E-state index contributed by atoms with van der Waals surface area (Å²) >= 11 is 0. The molecule has 8 nitrogen and oxygen atoms in total. The maximum Gasteiger partial charge on any atom is 0.340 e. The molecule has 2 aromatic carbocycles. The van der Waals surface area contributed by atoms with Gasteiger partial charge in [0.1, 0.15) is 11.3 Å². The highest BCUT2D eigenvalue weighted by atomic mass is 16.5. The first-order chi connectivity index (χ1) is 20.3. The van der Waals surface area contributed by atoms with Crippen LogP contribution in [-0.4, -0.2) is 53.7 Å². The van der Waals surface area contributed by atoms with Crippen LogP contribution in [0.5, 0.6) is 5.75 Å². The van der Waals surface area contributed by atoms with E-state index >= 15 is 0 Å². The summed E-state index contributed by atoms with van der Waals surface area (Å²) in [6.45, 7) is 3.64. The van der Waals surface area contributed by atoms with Crippen LogP contribution in [0, 0.1) is 12.8 Å². The largest absolute Gasteiger partial charge is 0.484 e. The van der Waals surface area contributed by atoms with Crippen molar-refractivity contribution in [3.05, 3.63) is 75.6 Å². The van der Waals surface area contributed by atoms with E-state index < -0.39 is 5.60 Å². The van der Waals surface area contributed by atoms with Gasteiger partial charge in [0, 0.05) is 55.4 Å². The molecule has 2 heterocycles. The van der Waals surface area contributed by atoms with Gasteiger partial charge in [0.25, 0.3) is 5.91 Å². The maximum absolute atomic E-state index is 12.7. The Labute approximate surface area is 247 Å². The average Bonchev–Trinajstić information content (AvgIpc) is 2.99.